The van der Waals surface area contributed by atoms with Crippen LogP contribution in [0.2, 0.25) is 5.02 Å². The average molecular weight is 319 g/mol. The van der Waals surface area contributed by atoms with E-state index in [-0.39, 0.29) is 5.78 Å². The molecule has 0 bridgehead atoms. The highest BCUT2D eigenvalue weighted by atomic mass is 35.5. The lowest BCUT2D eigenvalue weighted by Crippen LogP contribution is -2.33. The van der Waals surface area contributed by atoms with Gasteiger partial charge in [-0.3, -0.25) is 9.69 Å². The van der Waals surface area contributed by atoms with E-state index < -0.39 is 0 Å². The molecular formula is C16H15ClN2OS. The third-order valence-electron chi connectivity index (χ3n) is 3.53. The van der Waals surface area contributed by atoms with Crippen LogP contribution >= 0.6 is 22.9 Å². The molecule has 0 atom stereocenters. The molecule has 3 rings (SSSR count). The van der Waals surface area contributed by atoms with Crippen molar-refractivity contribution in [3.05, 3.63) is 57.5 Å². The third kappa shape index (κ3) is 3.59. The Hall–Kier alpha value is -1.49. The topological polar surface area (TPSA) is 33.2 Å². The number of aromatic nitrogens is 1. The second kappa shape index (κ2) is 6.52. The van der Waals surface area contributed by atoms with Gasteiger partial charge in [0.25, 0.3) is 0 Å². The van der Waals surface area contributed by atoms with Crippen molar-refractivity contribution >= 4 is 34.3 Å². The van der Waals surface area contributed by atoms with Crippen molar-refractivity contribution in [1.82, 2.24) is 9.88 Å². The molecule has 21 heavy (non-hydrogen) atoms. The molecule has 0 saturated heterocycles. The molecule has 3 nitrogen and oxygen atoms in total. The normalized spacial score (nSPS) is 15.8. The van der Waals surface area contributed by atoms with Gasteiger partial charge in [0.1, 0.15) is 5.01 Å². The van der Waals surface area contributed by atoms with Crippen molar-refractivity contribution in [1.29, 1.82) is 0 Å². The number of hydrogen-bond donors (Lipinski definition) is 0. The minimum absolute atomic E-state index is 0.137. The van der Waals surface area contributed by atoms with Gasteiger partial charge in [-0.05, 0) is 36.3 Å². The molecule has 1 aromatic heterocycles. The molecular weight excluding hydrogens is 304 g/mol. The Morgan fingerprint density at radius 1 is 1.33 bits per heavy atom. The first kappa shape index (κ1) is 14.4. The van der Waals surface area contributed by atoms with Crippen LogP contribution in [0.1, 0.15) is 21.8 Å². The Bertz CT molecular complexity index is 649. The monoisotopic (exact) mass is 318 g/mol. The lowest BCUT2D eigenvalue weighted by molar-refractivity contribution is 0.0937. The van der Waals surface area contributed by atoms with Crippen LogP contribution in [-0.4, -0.2) is 35.3 Å². The molecule has 0 unspecified atom stereocenters. The number of thiazole rings is 1. The second-order valence-corrected chi connectivity index (χ2v) is 6.31. The highest BCUT2D eigenvalue weighted by Gasteiger charge is 2.17. The molecule has 2 aromatic rings. The van der Waals surface area contributed by atoms with Gasteiger partial charge in [0.2, 0.25) is 0 Å². The number of benzene rings is 1. The number of Topliss-reactive ketones (excluding diaryl/α,β-unsaturated/α-hetero) is 1. The van der Waals surface area contributed by atoms with E-state index in [0.717, 1.165) is 24.5 Å². The van der Waals surface area contributed by atoms with Crippen LogP contribution in [0.4, 0.5) is 0 Å². The van der Waals surface area contributed by atoms with Gasteiger partial charge in [-0.25, -0.2) is 4.98 Å². The van der Waals surface area contributed by atoms with E-state index in [0.29, 0.717) is 17.1 Å². The summed E-state index contributed by atoms with van der Waals surface area (Å²) in [5, 5.41) is 3.74. The summed E-state index contributed by atoms with van der Waals surface area (Å²) in [6, 6.07) is 7.08. The van der Waals surface area contributed by atoms with Gasteiger partial charge in [0.15, 0.2) is 5.78 Å². The standard InChI is InChI=1S/C16H15ClN2OS/c17-14-3-1-12(2-4-14)15(20)11-19-8-5-13(6-9-19)16-18-7-10-21-16/h1-5,7,10H,6,8-9,11H2. The molecule has 2 heterocycles. The number of ketones is 1. The number of rotatable bonds is 4. The van der Waals surface area contributed by atoms with Crippen molar-refractivity contribution < 1.29 is 4.79 Å². The van der Waals surface area contributed by atoms with Crippen LogP contribution in [0, 0.1) is 0 Å². The fraction of sp³-hybridized carbons (Fsp3) is 0.250. The highest BCUT2D eigenvalue weighted by Crippen LogP contribution is 2.24. The van der Waals surface area contributed by atoms with Gasteiger partial charge in [0.05, 0.1) is 6.54 Å². The van der Waals surface area contributed by atoms with Crippen molar-refractivity contribution in [3.8, 4) is 0 Å². The average Bonchev–Trinajstić information content (AvgIpc) is 3.03. The minimum Gasteiger partial charge on any atom is -0.293 e. The molecule has 0 amide bonds. The lowest BCUT2D eigenvalue weighted by atomic mass is 10.1. The van der Waals surface area contributed by atoms with E-state index in [1.54, 1.807) is 35.6 Å². The van der Waals surface area contributed by atoms with Crippen molar-refractivity contribution in [2.45, 2.75) is 6.42 Å². The molecule has 0 aliphatic carbocycles. The zero-order valence-corrected chi connectivity index (χ0v) is 13.0. The molecule has 1 aliphatic rings. The van der Waals surface area contributed by atoms with E-state index in [1.807, 2.05) is 11.6 Å². The van der Waals surface area contributed by atoms with Crippen LogP contribution in [0.15, 0.2) is 41.9 Å². The predicted molar refractivity (Wildman–Crippen MR) is 86.9 cm³/mol. The number of hydrogen-bond acceptors (Lipinski definition) is 4. The first-order valence-corrected chi connectivity index (χ1v) is 8.08. The zero-order valence-electron chi connectivity index (χ0n) is 11.5. The molecule has 0 fully saturated rings. The Balaban J connectivity index is 1.60. The highest BCUT2D eigenvalue weighted by molar-refractivity contribution is 7.10. The van der Waals surface area contributed by atoms with Crippen LogP contribution in [0.5, 0.6) is 0 Å². The Kier molecular flexibility index (Phi) is 4.48. The van der Waals surface area contributed by atoms with Gasteiger partial charge in [-0.1, -0.05) is 17.7 Å². The zero-order chi connectivity index (χ0) is 14.7. The van der Waals surface area contributed by atoms with Gasteiger partial charge in [-0.2, -0.15) is 0 Å². The largest absolute Gasteiger partial charge is 0.293 e. The lowest BCUT2D eigenvalue weighted by Gasteiger charge is -2.24. The Morgan fingerprint density at radius 2 is 2.14 bits per heavy atom. The van der Waals surface area contributed by atoms with E-state index in [2.05, 4.69) is 16.0 Å². The van der Waals surface area contributed by atoms with Crippen LogP contribution < -0.4 is 0 Å². The summed E-state index contributed by atoms with van der Waals surface area (Å²) in [6.45, 7) is 2.14. The van der Waals surface area contributed by atoms with E-state index in [1.165, 1.54) is 5.57 Å². The van der Waals surface area contributed by atoms with Gasteiger partial charge in [-0.15, -0.1) is 11.3 Å². The third-order valence-corrected chi connectivity index (χ3v) is 4.63. The minimum atomic E-state index is 0.137. The molecule has 0 spiro atoms. The van der Waals surface area contributed by atoms with E-state index >= 15 is 0 Å². The molecule has 0 N–H and O–H groups in total. The van der Waals surface area contributed by atoms with Crippen LogP contribution in [0.25, 0.3) is 5.57 Å². The summed E-state index contributed by atoms with van der Waals surface area (Å²) in [5.74, 6) is 0.137. The van der Waals surface area contributed by atoms with E-state index in [9.17, 15) is 4.79 Å². The smallest absolute Gasteiger partial charge is 0.176 e. The summed E-state index contributed by atoms with van der Waals surface area (Å²) in [5.41, 5.74) is 2.01. The number of halogens is 1. The fourth-order valence-electron chi connectivity index (χ4n) is 2.36. The maximum Gasteiger partial charge on any atom is 0.176 e. The summed E-state index contributed by atoms with van der Waals surface area (Å²) in [7, 11) is 0. The van der Waals surface area contributed by atoms with Crippen molar-refractivity contribution in [2.75, 3.05) is 19.6 Å². The molecule has 0 radical (unpaired) electrons. The van der Waals surface area contributed by atoms with Crippen molar-refractivity contribution in [2.24, 2.45) is 0 Å². The predicted octanol–water partition coefficient (Wildman–Crippen LogP) is 3.77. The molecule has 0 saturated carbocycles. The quantitative estimate of drug-likeness (QED) is 0.805. The molecule has 1 aliphatic heterocycles. The second-order valence-electron chi connectivity index (χ2n) is 4.98. The van der Waals surface area contributed by atoms with Gasteiger partial charge < -0.3 is 0 Å². The van der Waals surface area contributed by atoms with Crippen LogP contribution in [-0.2, 0) is 0 Å². The maximum absolute atomic E-state index is 12.2. The Morgan fingerprint density at radius 3 is 2.76 bits per heavy atom. The first-order valence-electron chi connectivity index (χ1n) is 6.82. The van der Waals surface area contributed by atoms with E-state index in [4.69, 9.17) is 11.6 Å². The SMILES string of the molecule is O=C(CN1CC=C(c2nccs2)CC1)c1ccc(Cl)cc1. The number of carbonyl (C=O) groups excluding carboxylic acids is 1. The Labute approximate surface area is 132 Å². The summed E-state index contributed by atoms with van der Waals surface area (Å²) >= 11 is 7.50. The molecule has 5 heteroatoms. The van der Waals surface area contributed by atoms with Gasteiger partial charge in [0, 0.05) is 35.3 Å². The summed E-state index contributed by atoms with van der Waals surface area (Å²) in [4.78, 5) is 18.7. The van der Waals surface area contributed by atoms with Crippen molar-refractivity contribution in [3.63, 3.8) is 0 Å². The number of nitrogens with zero attached hydrogens (tertiary/aromatic N) is 2. The molecule has 1 aromatic carbocycles. The molecule has 108 valence electrons. The summed E-state index contributed by atoms with van der Waals surface area (Å²) in [6.07, 6.45) is 4.95. The van der Waals surface area contributed by atoms with Crippen LogP contribution in [0.3, 0.4) is 0 Å². The number of carbonyl (C=O) groups is 1. The maximum atomic E-state index is 12.2. The first-order chi connectivity index (χ1) is 10.2. The fourth-order valence-corrected chi connectivity index (χ4v) is 3.20. The summed E-state index contributed by atoms with van der Waals surface area (Å²) < 4.78 is 0. The van der Waals surface area contributed by atoms with Gasteiger partial charge >= 0.3 is 0 Å².